The maximum atomic E-state index is 11.7. The lowest BCUT2D eigenvalue weighted by molar-refractivity contribution is -0.117. The fraction of sp³-hybridized carbons (Fsp3) is 0.353. The quantitative estimate of drug-likeness (QED) is 0.890. The van der Waals surface area contributed by atoms with Gasteiger partial charge in [0.1, 0.15) is 5.82 Å². The molecule has 5 heteroatoms. The van der Waals surface area contributed by atoms with Crippen LogP contribution in [0, 0.1) is 5.92 Å². The second kappa shape index (κ2) is 6.56. The van der Waals surface area contributed by atoms with Gasteiger partial charge in [-0.05, 0) is 49.1 Å². The van der Waals surface area contributed by atoms with Gasteiger partial charge in [-0.2, -0.15) is 0 Å². The van der Waals surface area contributed by atoms with Gasteiger partial charge in [0.2, 0.25) is 5.91 Å². The Morgan fingerprint density at radius 3 is 2.68 bits per heavy atom. The van der Waals surface area contributed by atoms with Crippen LogP contribution in [0.25, 0.3) is 0 Å². The molecule has 0 spiro atoms. The molecule has 0 saturated heterocycles. The van der Waals surface area contributed by atoms with Crippen LogP contribution < -0.4 is 10.2 Å². The Bertz CT molecular complexity index is 623. The van der Waals surface area contributed by atoms with E-state index in [4.69, 9.17) is 0 Å². The summed E-state index contributed by atoms with van der Waals surface area (Å²) in [6.45, 7) is 0.902. The van der Waals surface area contributed by atoms with E-state index in [-0.39, 0.29) is 11.8 Å². The third-order valence-corrected chi connectivity index (χ3v) is 3.87. The standard InChI is InChI=1S/C17H20N4O/c1-21(11-8-13-6-9-18-10-7-13)15-4-5-16(19-12-15)20-17(22)14-2-3-14/h4-7,9-10,12,14H,2-3,8,11H2,1H3,(H,19,20,22). The summed E-state index contributed by atoms with van der Waals surface area (Å²) in [7, 11) is 2.04. The summed E-state index contributed by atoms with van der Waals surface area (Å²) in [4.78, 5) is 22.2. The van der Waals surface area contributed by atoms with E-state index in [0.29, 0.717) is 5.82 Å². The highest BCUT2D eigenvalue weighted by Gasteiger charge is 2.29. The Balaban J connectivity index is 1.53. The second-order valence-electron chi connectivity index (χ2n) is 5.69. The van der Waals surface area contributed by atoms with E-state index in [9.17, 15) is 4.79 Å². The summed E-state index contributed by atoms with van der Waals surface area (Å²) >= 11 is 0. The monoisotopic (exact) mass is 296 g/mol. The zero-order valence-electron chi connectivity index (χ0n) is 12.7. The molecule has 0 atom stereocenters. The minimum atomic E-state index is 0.0892. The molecule has 1 fully saturated rings. The average Bonchev–Trinajstić information content (AvgIpc) is 3.39. The largest absolute Gasteiger partial charge is 0.373 e. The number of carbonyl (C=O) groups is 1. The smallest absolute Gasteiger partial charge is 0.228 e. The van der Waals surface area contributed by atoms with Crippen molar-refractivity contribution in [1.82, 2.24) is 9.97 Å². The van der Waals surface area contributed by atoms with Gasteiger partial charge < -0.3 is 10.2 Å². The van der Waals surface area contributed by atoms with Gasteiger partial charge >= 0.3 is 0 Å². The Labute approximate surface area is 130 Å². The number of hydrogen-bond donors (Lipinski definition) is 1. The van der Waals surface area contributed by atoms with Gasteiger partial charge in [0.25, 0.3) is 0 Å². The molecule has 1 saturated carbocycles. The predicted molar refractivity (Wildman–Crippen MR) is 86.8 cm³/mol. The van der Waals surface area contributed by atoms with Crippen molar-refractivity contribution in [3.63, 3.8) is 0 Å². The van der Waals surface area contributed by atoms with E-state index in [1.54, 1.807) is 6.20 Å². The summed E-state index contributed by atoms with van der Waals surface area (Å²) in [5.74, 6) is 0.916. The molecular weight excluding hydrogens is 276 g/mol. The van der Waals surface area contributed by atoms with Gasteiger partial charge in [-0.3, -0.25) is 9.78 Å². The maximum Gasteiger partial charge on any atom is 0.228 e. The average molecular weight is 296 g/mol. The molecule has 0 aromatic carbocycles. The first kappa shape index (κ1) is 14.5. The van der Waals surface area contributed by atoms with Gasteiger partial charge in [-0.1, -0.05) is 0 Å². The minimum Gasteiger partial charge on any atom is -0.373 e. The molecule has 0 unspecified atom stereocenters. The number of hydrogen-bond acceptors (Lipinski definition) is 4. The van der Waals surface area contributed by atoms with Crippen LogP contribution in [-0.2, 0) is 11.2 Å². The highest BCUT2D eigenvalue weighted by atomic mass is 16.2. The van der Waals surface area contributed by atoms with Crippen LogP contribution in [0.2, 0.25) is 0 Å². The van der Waals surface area contributed by atoms with Gasteiger partial charge in [-0.15, -0.1) is 0 Å². The molecule has 2 aromatic heterocycles. The lowest BCUT2D eigenvalue weighted by Crippen LogP contribution is -2.20. The topological polar surface area (TPSA) is 58.1 Å². The van der Waals surface area contributed by atoms with Crippen molar-refractivity contribution in [2.24, 2.45) is 5.92 Å². The van der Waals surface area contributed by atoms with E-state index in [2.05, 4.69) is 20.2 Å². The molecule has 0 radical (unpaired) electrons. The van der Waals surface area contributed by atoms with Crippen LogP contribution in [0.4, 0.5) is 11.5 Å². The molecule has 0 bridgehead atoms. The van der Waals surface area contributed by atoms with Crippen molar-refractivity contribution in [3.8, 4) is 0 Å². The summed E-state index contributed by atoms with van der Waals surface area (Å²) in [6, 6.07) is 7.91. The van der Waals surface area contributed by atoms with E-state index >= 15 is 0 Å². The molecular formula is C17H20N4O. The number of nitrogens with zero attached hydrogens (tertiary/aromatic N) is 3. The van der Waals surface area contributed by atoms with Gasteiger partial charge in [0.15, 0.2) is 0 Å². The molecule has 22 heavy (non-hydrogen) atoms. The lowest BCUT2D eigenvalue weighted by atomic mass is 10.2. The minimum absolute atomic E-state index is 0.0892. The van der Waals surface area contributed by atoms with Crippen LogP contribution in [0.5, 0.6) is 0 Å². The third-order valence-electron chi connectivity index (χ3n) is 3.87. The summed E-state index contributed by atoms with van der Waals surface area (Å²) in [5.41, 5.74) is 2.31. The molecule has 1 aliphatic rings. The molecule has 2 heterocycles. The number of nitrogens with one attached hydrogen (secondary N) is 1. The zero-order valence-corrected chi connectivity index (χ0v) is 12.7. The number of amides is 1. The Morgan fingerprint density at radius 2 is 2.05 bits per heavy atom. The Kier molecular flexibility index (Phi) is 4.32. The fourth-order valence-corrected chi connectivity index (χ4v) is 2.23. The highest BCUT2D eigenvalue weighted by Crippen LogP contribution is 2.30. The van der Waals surface area contributed by atoms with Gasteiger partial charge in [-0.25, -0.2) is 4.98 Å². The van der Waals surface area contributed by atoms with E-state index in [1.807, 2.05) is 43.7 Å². The van der Waals surface area contributed by atoms with E-state index in [1.165, 1.54) is 5.56 Å². The van der Waals surface area contributed by atoms with Gasteiger partial charge in [0.05, 0.1) is 11.9 Å². The van der Waals surface area contributed by atoms with E-state index < -0.39 is 0 Å². The van der Waals surface area contributed by atoms with Crippen molar-refractivity contribution < 1.29 is 4.79 Å². The molecule has 5 nitrogen and oxygen atoms in total. The number of rotatable bonds is 6. The first-order chi connectivity index (χ1) is 10.7. The van der Waals surface area contributed by atoms with E-state index in [0.717, 1.165) is 31.5 Å². The Hall–Kier alpha value is -2.43. The van der Waals surface area contributed by atoms with Crippen LogP contribution in [0.15, 0.2) is 42.9 Å². The number of carbonyl (C=O) groups excluding carboxylic acids is 1. The van der Waals surface area contributed by atoms with Crippen molar-refractivity contribution in [2.45, 2.75) is 19.3 Å². The molecule has 1 amide bonds. The maximum absolute atomic E-state index is 11.7. The SMILES string of the molecule is CN(CCc1ccncc1)c1ccc(NC(=O)C2CC2)nc1. The number of anilines is 2. The highest BCUT2D eigenvalue weighted by molar-refractivity contribution is 5.93. The predicted octanol–water partition coefficient (Wildman–Crippen LogP) is 2.50. The third kappa shape index (κ3) is 3.81. The van der Waals surface area contributed by atoms with Crippen molar-refractivity contribution in [1.29, 1.82) is 0 Å². The number of pyridine rings is 2. The molecule has 114 valence electrons. The second-order valence-corrected chi connectivity index (χ2v) is 5.69. The number of aromatic nitrogens is 2. The van der Waals surface area contributed by atoms with Crippen LogP contribution in [-0.4, -0.2) is 29.5 Å². The number of likely N-dealkylation sites (N-methyl/N-ethyl adjacent to an activating group) is 1. The molecule has 3 rings (SSSR count). The Morgan fingerprint density at radius 1 is 1.27 bits per heavy atom. The molecule has 0 aliphatic heterocycles. The molecule has 1 N–H and O–H groups in total. The normalized spacial score (nSPS) is 13.7. The fourth-order valence-electron chi connectivity index (χ4n) is 2.23. The first-order valence-corrected chi connectivity index (χ1v) is 7.59. The van der Waals surface area contributed by atoms with Crippen LogP contribution in [0.1, 0.15) is 18.4 Å². The summed E-state index contributed by atoms with van der Waals surface area (Å²) < 4.78 is 0. The molecule has 1 aliphatic carbocycles. The van der Waals surface area contributed by atoms with Crippen LogP contribution >= 0.6 is 0 Å². The van der Waals surface area contributed by atoms with Gasteiger partial charge in [0, 0.05) is 31.9 Å². The summed E-state index contributed by atoms with van der Waals surface area (Å²) in [5, 5.41) is 2.85. The zero-order chi connectivity index (χ0) is 15.4. The summed E-state index contributed by atoms with van der Waals surface area (Å²) in [6.07, 6.45) is 8.39. The lowest BCUT2D eigenvalue weighted by Gasteiger charge is -2.19. The van der Waals surface area contributed by atoms with Crippen molar-refractivity contribution in [2.75, 3.05) is 23.8 Å². The molecule has 2 aromatic rings. The first-order valence-electron chi connectivity index (χ1n) is 7.59. The van der Waals surface area contributed by atoms with Crippen LogP contribution in [0.3, 0.4) is 0 Å². The van der Waals surface area contributed by atoms with Crippen molar-refractivity contribution >= 4 is 17.4 Å². The van der Waals surface area contributed by atoms with Crippen molar-refractivity contribution in [3.05, 3.63) is 48.4 Å².